The predicted molar refractivity (Wildman–Crippen MR) is 57.0 cm³/mol. The van der Waals surface area contributed by atoms with Crippen LogP contribution in [-0.2, 0) is 0 Å². The highest BCUT2D eigenvalue weighted by molar-refractivity contribution is 5.58. The summed E-state index contributed by atoms with van der Waals surface area (Å²) in [5, 5.41) is 0. The zero-order chi connectivity index (χ0) is 9.97. The van der Waals surface area contributed by atoms with Gasteiger partial charge < -0.3 is 10.6 Å². The summed E-state index contributed by atoms with van der Waals surface area (Å²) in [6.45, 7) is 4.01. The number of aromatic nitrogens is 2. The molecule has 1 aliphatic heterocycles. The first-order chi connectivity index (χ1) is 6.77. The van der Waals surface area contributed by atoms with E-state index in [1.54, 1.807) is 12.4 Å². The van der Waals surface area contributed by atoms with Gasteiger partial charge in [0.2, 0.25) is 0 Å². The lowest BCUT2D eigenvalue weighted by atomic mass is 10.1. The quantitative estimate of drug-likeness (QED) is 0.676. The van der Waals surface area contributed by atoms with Gasteiger partial charge in [-0.05, 0) is 13.3 Å². The zero-order valence-corrected chi connectivity index (χ0v) is 8.27. The van der Waals surface area contributed by atoms with Crippen molar-refractivity contribution in [2.24, 2.45) is 0 Å². The highest BCUT2D eigenvalue weighted by Crippen LogP contribution is 2.20. The van der Waals surface area contributed by atoms with E-state index in [1.165, 1.54) is 5.57 Å². The van der Waals surface area contributed by atoms with E-state index in [-0.39, 0.29) is 0 Å². The fourth-order valence-electron chi connectivity index (χ4n) is 1.55. The minimum Gasteiger partial charge on any atom is -0.381 e. The Hall–Kier alpha value is -1.58. The summed E-state index contributed by atoms with van der Waals surface area (Å²) in [7, 11) is 0. The van der Waals surface area contributed by atoms with Crippen molar-refractivity contribution in [1.82, 2.24) is 9.97 Å². The van der Waals surface area contributed by atoms with Gasteiger partial charge in [-0.25, -0.2) is 9.97 Å². The first-order valence-corrected chi connectivity index (χ1v) is 4.74. The first-order valence-electron chi connectivity index (χ1n) is 4.74. The van der Waals surface area contributed by atoms with E-state index in [0.29, 0.717) is 5.82 Å². The molecule has 1 aromatic heterocycles. The Morgan fingerprint density at radius 2 is 2.14 bits per heavy atom. The van der Waals surface area contributed by atoms with Crippen LogP contribution in [0.4, 0.5) is 11.6 Å². The molecule has 0 atom stereocenters. The number of nitrogens with zero attached hydrogens (tertiary/aromatic N) is 3. The van der Waals surface area contributed by atoms with Gasteiger partial charge in [-0.3, -0.25) is 0 Å². The topological polar surface area (TPSA) is 55.0 Å². The van der Waals surface area contributed by atoms with E-state index in [9.17, 15) is 0 Å². The molecule has 0 aromatic carbocycles. The van der Waals surface area contributed by atoms with Crippen LogP contribution in [0.15, 0.2) is 24.0 Å². The van der Waals surface area contributed by atoms with Gasteiger partial charge in [-0.1, -0.05) is 11.6 Å². The monoisotopic (exact) mass is 190 g/mol. The van der Waals surface area contributed by atoms with Crippen molar-refractivity contribution in [2.45, 2.75) is 13.3 Å². The number of nitrogens with two attached hydrogens (primary N) is 1. The van der Waals surface area contributed by atoms with Crippen molar-refractivity contribution in [3.05, 3.63) is 24.0 Å². The van der Waals surface area contributed by atoms with Crippen LogP contribution in [0.25, 0.3) is 0 Å². The molecule has 0 spiro atoms. The second-order valence-electron chi connectivity index (χ2n) is 3.51. The standard InChI is InChI=1S/C10H14N4/c1-8-2-6-14(7-3-8)10-9(11)12-4-5-13-10/h2,4-5H,3,6-7H2,1H3,(H2,11,12). The van der Waals surface area contributed by atoms with E-state index in [2.05, 4.69) is 27.9 Å². The van der Waals surface area contributed by atoms with Crippen LogP contribution in [0, 0.1) is 0 Å². The van der Waals surface area contributed by atoms with Crippen molar-refractivity contribution in [1.29, 1.82) is 0 Å². The fourth-order valence-corrected chi connectivity index (χ4v) is 1.55. The summed E-state index contributed by atoms with van der Waals surface area (Å²) < 4.78 is 0. The van der Waals surface area contributed by atoms with E-state index in [1.807, 2.05) is 0 Å². The van der Waals surface area contributed by atoms with Crippen molar-refractivity contribution in [3.63, 3.8) is 0 Å². The maximum atomic E-state index is 5.75. The molecule has 2 rings (SSSR count). The van der Waals surface area contributed by atoms with Crippen LogP contribution >= 0.6 is 0 Å². The van der Waals surface area contributed by atoms with Crippen molar-refractivity contribution < 1.29 is 0 Å². The Bertz CT molecular complexity index is 359. The molecule has 0 radical (unpaired) electrons. The first kappa shape index (κ1) is 8.99. The highest BCUT2D eigenvalue weighted by atomic mass is 15.2. The third-order valence-corrected chi connectivity index (χ3v) is 2.44. The summed E-state index contributed by atoms with van der Waals surface area (Å²) in [6.07, 6.45) is 6.58. The lowest BCUT2D eigenvalue weighted by Gasteiger charge is -2.26. The van der Waals surface area contributed by atoms with Crippen molar-refractivity contribution >= 4 is 11.6 Å². The third kappa shape index (κ3) is 1.69. The zero-order valence-electron chi connectivity index (χ0n) is 8.27. The van der Waals surface area contributed by atoms with E-state index in [0.717, 1.165) is 25.3 Å². The van der Waals surface area contributed by atoms with Gasteiger partial charge in [0.05, 0.1) is 0 Å². The number of hydrogen-bond acceptors (Lipinski definition) is 4. The van der Waals surface area contributed by atoms with Crippen LogP contribution in [-0.4, -0.2) is 23.1 Å². The molecular weight excluding hydrogens is 176 g/mol. The molecule has 0 saturated heterocycles. The number of anilines is 2. The molecule has 2 N–H and O–H groups in total. The van der Waals surface area contributed by atoms with Gasteiger partial charge in [0.25, 0.3) is 0 Å². The van der Waals surface area contributed by atoms with E-state index >= 15 is 0 Å². The van der Waals surface area contributed by atoms with Gasteiger partial charge >= 0.3 is 0 Å². The van der Waals surface area contributed by atoms with Gasteiger partial charge in [-0.2, -0.15) is 0 Å². The second-order valence-corrected chi connectivity index (χ2v) is 3.51. The molecule has 14 heavy (non-hydrogen) atoms. The summed E-state index contributed by atoms with van der Waals surface area (Å²) in [5.41, 5.74) is 7.18. The average molecular weight is 190 g/mol. The SMILES string of the molecule is CC1=CCN(c2nccnc2N)CC1. The summed E-state index contributed by atoms with van der Waals surface area (Å²) in [5.74, 6) is 1.32. The highest BCUT2D eigenvalue weighted by Gasteiger charge is 2.13. The molecule has 4 nitrogen and oxygen atoms in total. The Balaban J connectivity index is 2.21. The van der Waals surface area contributed by atoms with Crippen LogP contribution < -0.4 is 10.6 Å². The van der Waals surface area contributed by atoms with Crippen LogP contribution in [0.2, 0.25) is 0 Å². The molecule has 0 aliphatic carbocycles. The second kappa shape index (κ2) is 3.65. The Labute approximate surface area is 83.5 Å². The summed E-state index contributed by atoms with van der Waals surface area (Å²) in [6, 6.07) is 0. The lowest BCUT2D eigenvalue weighted by Crippen LogP contribution is -2.29. The molecule has 1 aliphatic rings. The van der Waals surface area contributed by atoms with Crippen LogP contribution in [0.3, 0.4) is 0 Å². The molecule has 0 bridgehead atoms. The number of hydrogen-bond donors (Lipinski definition) is 1. The smallest absolute Gasteiger partial charge is 0.171 e. The Morgan fingerprint density at radius 3 is 2.79 bits per heavy atom. The fraction of sp³-hybridized carbons (Fsp3) is 0.400. The van der Waals surface area contributed by atoms with Crippen molar-refractivity contribution in [3.8, 4) is 0 Å². The van der Waals surface area contributed by atoms with Crippen molar-refractivity contribution in [2.75, 3.05) is 23.7 Å². The maximum absolute atomic E-state index is 5.75. The average Bonchev–Trinajstić information content (AvgIpc) is 2.20. The van der Waals surface area contributed by atoms with Gasteiger partial charge in [0.1, 0.15) is 0 Å². The predicted octanol–water partition coefficient (Wildman–Crippen LogP) is 1.22. The van der Waals surface area contributed by atoms with Gasteiger partial charge in [0.15, 0.2) is 11.6 Å². The summed E-state index contributed by atoms with van der Waals surface area (Å²) >= 11 is 0. The number of rotatable bonds is 1. The normalized spacial score (nSPS) is 16.6. The van der Waals surface area contributed by atoms with Gasteiger partial charge in [0, 0.05) is 25.5 Å². The van der Waals surface area contributed by atoms with Crippen LogP contribution in [0.1, 0.15) is 13.3 Å². The molecule has 0 amide bonds. The third-order valence-electron chi connectivity index (χ3n) is 2.44. The molecular formula is C10H14N4. The molecule has 74 valence electrons. The van der Waals surface area contributed by atoms with E-state index in [4.69, 9.17) is 5.73 Å². The Kier molecular flexibility index (Phi) is 2.35. The molecule has 0 fully saturated rings. The largest absolute Gasteiger partial charge is 0.381 e. The molecule has 2 heterocycles. The molecule has 1 aromatic rings. The lowest BCUT2D eigenvalue weighted by molar-refractivity contribution is 0.774. The maximum Gasteiger partial charge on any atom is 0.171 e. The van der Waals surface area contributed by atoms with E-state index < -0.39 is 0 Å². The molecule has 0 saturated carbocycles. The van der Waals surface area contributed by atoms with Crippen LogP contribution in [0.5, 0.6) is 0 Å². The molecule has 4 heteroatoms. The molecule has 0 unspecified atom stereocenters. The minimum atomic E-state index is 0.514. The van der Waals surface area contributed by atoms with Gasteiger partial charge in [-0.15, -0.1) is 0 Å². The summed E-state index contributed by atoms with van der Waals surface area (Å²) in [4.78, 5) is 10.4. The minimum absolute atomic E-state index is 0.514. The number of nitrogen functional groups attached to an aromatic ring is 1. The Morgan fingerprint density at radius 1 is 1.36 bits per heavy atom.